The smallest absolute Gasteiger partial charge is 0.326 e. The largest absolute Gasteiger partial charge is 0.480 e. The van der Waals surface area contributed by atoms with E-state index in [1.807, 2.05) is 0 Å². The minimum atomic E-state index is -0.979. The number of nitrogens with one attached hydrogen (secondary N) is 1. The van der Waals surface area contributed by atoms with Crippen LogP contribution in [0, 0.1) is 19.8 Å². The fourth-order valence-corrected chi connectivity index (χ4v) is 2.17. The number of carbonyl (C=O) groups excluding carboxylic acids is 1. The van der Waals surface area contributed by atoms with Gasteiger partial charge in [-0.3, -0.25) is 4.79 Å². The van der Waals surface area contributed by atoms with Crippen LogP contribution in [0.1, 0.15) is 43.4 Å². The molecule has 4 nitrogen and oxygen atoms in total. The molecular weight excluding hydrogens is 266 g/mol. The lowest BCUT2D eigenvalue weighted by molar-refractivity contribution is -0.143. The van der Waals surface area contributed by atoms with Gasteiger partial charge in [0.2, 0.25) is 5.91 Å². The van der Waals surface area contributed by atoms with Crippen molar-refractivity contribution in [2.45, 2.75) is 53.0 Å². The first-order chi connectivity index (χ1) is 9.81. The summed E-state index contributed by atoms with van der Waals surface area (Å²) in [5, 5.41) is 11.6. The number of hydrogen-bond acceptors (Lipinski definition) is 2. The maximum Gasteiger partial charge on any atom is 0.326 e. The van der Waals surface area contributed by atoms with Crippen LogP contribution in [-0.2, 0) is 16.0 Å². The Morgan fingerprint density at radius 2 is 1.86 bits per heavy atom. The molecule has 1 rings (SSSR count). The number of rotatable bonds is 7. The zero-order valence-electron chi connectivity index (χ0n) is 13.3. The van der Waals surface area contributed by atoms with Gasteiger partial charge >= 0.3 is 5.97 Å². The van der Waals surface area contributed by atoms with Gasteiger partial charge in [0.1, 0.15) is 6.04 Å². The van der Waals surface area contributed by atoms with Crippen LogP contribution in [0.5, 0.6) is 0 Å². The average molecular weight is 291 g/mol. The highest BCUT2D eigenvalue weighted by atomic mass is 16.4. The van der Waals surface area contributed by atoms with Gasteiger partial charge in [-0.15, -0.1) is 0 Å². The highest BCUT2D eigenvalue weighted by Gasteiger charge is 2.22. The number of hydrogen-bond donors (Lipinski definition) is 2. The lowest BCUT2D eigenvalue weighted by Crippen LogP contribution is -2.44. The Labute approximate surface area is 126 Å². The van der Waals surface area contributed by atoms with Gasteiger partial charge in [-0.05, 0) is 49.3 Å². The molecule has 1 aromatic carbocycles. The van der Waals surface area contributed by atoms with Crippen molar-refractivity contribution < 1.29 is 14.7 Å². The van der Waals surface area contributed by atoms with E-state index in [0.717, 1.165) is 12.8 Å². The molecule has 21 heavy (non-hydrogen) atoms. The molecule has 116 valence electrons. The van der Waals surface area contributed by atoms with Gasteiger partial charge in [0, 0.05) is 6.42 Å². The summed E-state index contributed by atoms with van der Waals surface area (Å²) in [4.78, 5) is 22.8. The van der Waals surface area contributed by atoms with Crippen LogP contribution >= 0.6 is 0 Å². The maximum atomic E-state index is 11.8. The zero-order valence-corrected chi connectivity index (χ0v) is 13.3. The molecule has 2 N–H and O–H groups in total. The number of amides is 1. The van der Waals surface area contributed by atoms with Gasteiger partial charge in [-0.1, -0.05) is 32.0 Å². The van der Waals surface area contributed by atoms with Crippen molar-refractivity contribution in [1.82, 2.24) is 5.32 Å². The van der Waals surface area contributed by atoms with Gasteiger partial charge in [0.15, 0.2) is 0 Å². The Morgan fingerprint density at radius 1 is 1.19 bits per heavy atom. The lowest BCUT2D eigenvalue weighted by Gasteiger charge is -2.17. The van der Waals surface area contributed by atoms with Gasteiger partial charge in [-0.25, -0.2) is 4.79 Å². The molecule has 0 aliphatic carbocycles. The quantitative estimate of drug-likeness (QED) is 0.811. The van der Waals surface area contributed by atoms with Crippen LogP contribution in [0.2, 0.25) is 0 Å². The van der Waals surface area contributed by atoms with Crippen molar-refractivity contribution >= 4 is 11.9 Å². The standard InChI is InChI=1S/C17H25NO3/c1-11(2)16(17(20)21)18-15(19)7-5-6-14-9-8-12(3)13(4)10-14/h8-11,16H,5-7H2,1-4H3,(H,18,19)(H,20,21). The van der Waals surface area contributed by atoms with E-state index in [2.05, 4.69) is 37.4 Å². The topological polar surface area (TPSA) is 66.4 Å². The van der Waals surface area contributed by atoms with Crippen molar-refractivity contribution in [3.63, 3.8) is 0 Å². The molecule has 0 fully saturated rings. The second kappa shape index (κ2) is 7.81. The first-order valence-electron chi connectivity index (χ1n) is 7.39. The Hall–Kier alpha value is -1.84. The Balaban J connectivity index is 2.42. The van der Waals surface area contributed by atoms with Crippen molar-refractivity contribution in [2.75, 3.05) is 0 Å². The van der Waals surface area contributed by atoms with Crippen molar-refractivity contribution in [3.8, 4) is 0 Å². The van der Waals surface area contributed by atoms with Crippen LogP contribution in [0.25, 0.3) is 0 Å². The second-order valence-corrected chi connectivity index (χ2v) is 5.90. The van der Waals surface area contributed by atoms with Gasteiger partial charge in [0.25, 0.3) is 0 Å². The van der Waals surface area contributed by atoms with Crippen LogP contribution in [-0.4, -0.2) is 23.0 Å². The summed E-state index contributed by atoms with van der Waals surface area (Å²) in [5.74, 6) is -1.29. The monoisotopic (exact) mass is 291 g/mol. The molecule has 1 aromatic rings. The van der Waals surface area contributed by atoms with Gasteiger partial charge in [0.05, 0.1) is 0 Å². The molecule has 0 bridgehead atoms. The Bertz CT molecular complexity index is 509. The van der Waals surface area contributed by atoms with E-state index in [1.165, 1.54) is 16.7 Å². The molecule has 0 aliphatic rings. The molecule has 1 amide bonds. The third-order valence-corrected chi connectivity index (χ3v) is 3.69. The number of carboxylic acid groups (broad SMARTS) is 1. The molecule has 1 atom stereocenters. The van der Waals surface area contributed by atoms with E-state index < -0.39 is 12.0 Å². The molecule has 4 heteroatoms. The summed E-state index contributed by atoms with van der Waals surface area (Å²) < 4.78 is 0. The second-order valence-electron chi connectivity index (χ2n) is 5.90. The molecule has 1 unspecified atom stereocenters. The Morgan fingerprint density at radius 3 is 2.38 bits per heavy atom. The third-order valence-electron chi connectivity index (χ3n) is 3.69. The normalized spacial score (nSPS) is 12.2. The third kappa shape index (κ3) is 5.58. The fourth-order valence-electron chi connectivity index (χ4n) is 2.17. The molecular formula is C17H25NO3. The van der Waals surface area contributed by atoms with Gasteiger partial charge in [-0.2, -0.15) is 0 Å². The maximum absolute atomic E-state index is 11.8. The molecule has 0 aliphatic heterocycles. The summed E-state index contributed by atoms with van der Waals surface area (Å²) in [6.45, 7) is 7.72. The van der Waals surface area contributed by atoms with Crippen LogP contribution in [0.15, 0.2) is 18.2 Å². The molecule has 0 saturated carbocycles. The SMILES string of the molecule is Cc1ccc(CCCC(=O)NC(C(=O)O)C(C)C)cc1C. The van der Waals surface area contributed by atoms with E-state index in [-0.39, 0.29) is 11.8 Å². The molecule has 0 aromatic heterocycles. The van der Waals surface area contributed by atoms with E-state index in [0.29, 0.717) is 6.42 Å². The highest BCUT2D eigenvalue weighted by Crippen LogP contribution is 2.12. The van der Waals surface area contributed by atoms with E-state index in [1.54, 1.807) is 13.8 Å². The number of aliphatic carboxylic acids is 1. The number of aryl methyl sites for hydroxylation is 3. The number of carboxylic acids is 1. The fraction of sp³-hybridized carbons (Fsp3) is 0.529. The van der Waals surface area contributed by atoms with Crippen LogP contribution < -0.4 is 5.32 Å². The van der Waals surface area contributed by atoms with Crippen molar-refractivity contribution in [3.05, 3.63) is 34.9 Å². The van der Waals surface area contributed by atoms with Crippen LogP contribution in [0.3, 0.4) is 0 Å². The molecule has 0 spiro atoms. The summed E-state index contributed by atoms with van der Waals surface area (Å²) in [5.41, 5.74) is 3.73. The van der Waals surface area contributed by atoms with Gasteiger partial charge < -0.3 is 10.4 Å². The van der Waals surface area contributed by atoms with Crippen LogP contribution in [0.4, 0.5) is 0 Å². The summed E-state index contributed by atoms with van der Waals surface area (Å²) in [7, 11) is 0. The summed E-state index contributed by atoms with van der Waals surface area (Å²) in [6.07, 6.45) is 1.90. The number of carbonyl (C=O) groups is 2. The first kappa shape index (κ1) is 17.2. The molecule has 0 saturated heterocycles. The lowest BCUT2D eigenvalue weighted by atomic mass is 10.0. The Kier molecular flexibility index (Phi) is 6.40. The average Bonchev–Trinajstić information content (AvgIpc) is 2.39. The van der Waals surface area contributed by atoms with E-state index in [9.17, 15) is 9.59 Å². The molecule has 0 radical (unpaired) electrons. The van der Waals surface area contributed by atoms with E-state index in [4.69, 9.17) is 5.11 Å². The zero-order chi connectivity index (χ0) is 16.0. The minimum Gasteiger partial charge on any atom is -0.480 e. The predicted molar refractivity (Wildman–Crippen MR) is 83.3 cm³/mol. The van der Waals surface area contributed by atoms with Crippen molar-refractivity contribution in [1.29, 1.82) is 0 Å². The van der Waals surface area contributed by atoms with Crippen molar-refractivity contribution in [2.24, 2.45) is 5.92 Å². The highest BCUT2D eigenvalue weighted by molar-refractivity contribution is 5.83. The predicted octanol–water partition coefficient (Wildman–Crippen LogP) is 2.85. The summed E-state index contributed by atoms with van der Waals surface area (Å²) >= 11 is 0. The number of benzene rings is 1. The molecule has 0 heterocycles. The minimum absolute atomic E-state index is 0.119. The first-order valence-corrected chi connectivity index (χ1v) is 7.39. The summed E-state index contributed by atoms with van der Waals surface area (Å²) in [6, 6.07) is 5.50. The van der Waals surface area contributed by atoms with E-state index >= 15 is 0 Å².